The Balaban J connectivity index is 1.90. The maximum atomic E-state index is 3.47. The van der Waals surface area contributed by atoms with Crippen molar-refractivity contribution < 1.29 is 0 Å². The summed E-state index contributed by atoms with van der Waals surface area (Å²) in [7, 11) is 0. The second-order valence-electron chi connectivity index (χ2n) is 4.49. The summed E-state index contributed by atoms with van der Waals surface area (Å²) in [6.45, 7) is 9.39. The Bertz CT molecular complexity index is 133. The summed E-state index contributed by atoms with van der Waals surface area (Å²) in [5.74, 6) is 3.15. The van der Waals surface area contributed by atoms with Crippen LogP contribution in [0.5, 0.6) is 0 Å². The summed E-state index contributed by atoms with van der Waals surface area (Å²) in [5.41, 5.74) is 0. The largest absolute Gasteiger partial charge is 0.317 e. The third-order valence-corrected chi connectivity index (χ3v) is 3.55. The van der Waals surface area contributed by atoms with Crippen molar-refractivity contribution in [3.05, 3.63) is 0 Å². The van der Waals surface area contributed by atoms with Crippen molar-refractivity contribution in [2.75, 3.05) is 13.1 Å². The van der Waals surface area contributed by atoms with Crippen LogP contribution in [-0.4, -0.2) is 13.1 Å². The fourth-order valence-corrected chi connectivity index (χ4v) is 2.55. The zero-order chi connectivity index (χ0) is 9.68. The van der Waals surface area contributed by atoms with Gasteiger partial charge in [-0.25, -0.2) is 0 Å². The van der Waals surface area contributed by atoms with E-state index in [1.54, 1.807) is 0 Å². The third-order valence-electron chi connectivity index (χ3n) is 3.55. The minimum Gasteiger partial charge on any atom is -0.317 e. The number of hydrogen-bond acceptors (Lipinski definition) is 1. The molecule has 0 aromatic rings. The highest BCUT2D eigenvalue weighted by molar-refractivity contribution is 4.92. The molecule has 1 aliphatic rings. The van der Waals surface area contributed by atoms with Gasteiger partial charge in [0.25, 0.3) is 0 Å². The average molecular weight is 183 g/mol. The summed E-state index contributed by atoms with van der Waals surface area (Å²) in [6, 6.07) is 0. The molecule has 0 aromatic heterocycles. The molecule has 0 bridgehead atoms. The summed E-state index contributed by atoms with van der Waals surface area (Å²) >= 11 is 0. The SMILES string of the molecule is CCCNCCCC1C(C)C1CC. The fraction of sp³-hybridized carbons (Fsp3) is 1.00. The van der Waals surface area contributed by atoms with E-state index in [1.807, 2.05) is 0 Å². The third kappa shape index (κ3) is 3.30. The van der Waals surface area contributed by atoms with Crippen LogP contribution in [0.2, 0.25) is 0 Å². The van der Waals surface area contributed by atoms with E-state index in [1.165, 1.54) is 38.8 Å². The molecule has 1 aliphatic carbocycles. The number of nitrogens with one attached hydrogen (secondary N) is 1. The lowest BCUT2D eigenvalue weighted by Crippen LogP contribution is -2.15. The lowest BCUT2D eigenvalue weighted by Gasteiger charge is -2.01. The smallest absolute Gasteiger partial charge is 0.00488 e. The summed E-state index contributed by atoms with van der Waals surface area (Å²) in [6.07, 6.45) is 5.49. The molecule has 0 aromatic carbocycles. The molecule has 0 spiro atoms. The Kier molecular flexibility index (Phi) is 4.79. The molecule has 1 nitrogen and oxygen atoms in total. The van der Waals surface area contributed by atoms with Crippen LogP contribution in [-0.2, 0) is 0 Å². The van der Waals surface area contributed by atoms with Crippen LogP contribution in [0, 0.1) is 17.8 Å². The van der Waals surface area contributed by atoms with Gasteiger partial charge in [0.15, 0.2) is 0 Å². The Labute approximate surface area is 83.3 Å². The molecule has 0 amide bonds. The van der Waals surface area contributed by atoms with Gasteiger partial charge in [0.2, 0.25) is 0 Å². The topological polar surface area (TPSA) is 12.0 Å². The van der Waals surface area contributed by atoms with Gasteiger partial charge >= 0.3 is 0 Å². The van der Waals surface area contributed by atoms with Gasteiger partial charge in [-0.2, -0.15) is 0 Å². The maximum Gasteiger partial charge on any atom is -0.00488 e. The Morgan fingerprint density at radius 3 is 2.38 bits per heavy atom. The van der Waals surface area contributed by atoms with E-state index in [2.05, 4.69) is 26.1 Å². The molecule has 3 unspecified atom stereocenters. The van der Waals surface area contributed by atoms with Crippen molar-refractivity contribution >= 4 is 0 Å². The van der Waals surface area contributed by atoms with Crippen LogP contribution < -0.4 is 5.32 Å². The first-order valence-electron chi connectivity index (χ1n) is 6.02. The molecule has 1 rings (SSSR count). The van der Waals surface area contributed by atoms with Crippen LogP contribution >= 0.6 is 0 Å². The monoisotopic (exact) mass is 183 g/mol. The minimum atomic E-state index is 1.02. The number of hydrogen-bond donors (Lipinski definition) is 1. The van der Waals surface area contributed by atoms with Gasteiger partial charge in [0.05, 0.1) is 0 Å². The molecular formula is C12H25N. The standard InChI is InChI=1S/C12H25N/c1-4-8-13-9-6-7-12-10(3)11(12)5-2/h10-13H,4-9H2,1-3H3. The van der Waals surface area contributed by atoms with Gasteiger partial charge in [-0.3, -0.25) is 0 Å². The van der Waals surface area contributed by atoms with Gasteiger partial charge < -0.3 is 5.32 Å². The van der Waals surface area contributed by atoms with Gasteiger partial charge in [-0.05, 0) is 50.1 Å². The van der Waals surface area contributed by atoms with Crippen molar-refractivity contribution in [2.24, 2.45) is 17.8 Å². The second kappa shape index (κ2) is 5.64. The zero-order valence-corrected chi connectivity index (χ0v) is 9.47. The van der Waals surface area contributed by atoms with E-state index < -0.39 is 0 Å². The van der Waals surface area contributed by atoms with Gasteiger partial charge in [-0.1, -0.05) is 27.2 Å². The fourth-order valence-electron chi connectivity index (χ4n) is 2.55. The highest BCUT2D eigenvalue weighted by atomic mass is 14.8. The average Bonchev–Trinajstić information content (AvgIpc) is 2.76. The predicted molar refractivity (Wildman–Crippen MR) is 58.8 cm³/mol. The number of rotatable bonds is 7. The Morgan fingerprint density at radius 1 is 1.08 bits per heavy atom. The Morgan fingerprint density at radius 2 is 1.85 bits per heavy atom. The summed E-state index contributed by atoms with van der Waals surface area (Å²) < 4.78 is 0. The first-order chi connectivity index (χ1) is 6.31. The molecule has 0 aliphatic heterocycles. The van der Waals surface area contributed by atoms with E-state index in [9.17, 15) is 0 Å². The normalized spacial score (nSPS) is 32.1. The molecule has 1 N–H and O–H groups in total. The molecule has 0 heterocycles. The van der Waals surface area contributed by atoms with E-state index in [0.29, 0.717) is 0 Å². The van der Waals surface area contributed by atoms with Crippen LogP contribution in [0.25, 0.3) is 0 Å². The highest BCUT2D eigenvalue weighted by Gasteiger charge is 2.43. The van der Waals surface area contributed by atoms with Crippen molar-refractivity contribution in [1.29, 1.82) is 0 Å². The maximum absolute atomic E-state index is 3.47. The van der Waals surface area contributed by atoms with Crippen molar-refractivity contribution in [2.45, 2.75) is 46.5 Å². The van der Waals surface area contributed by atoms with Crippen molar-refractivity contribution in [3.8, 4) is 0 Å². The molecule has 1 heteroatoms. The van der Waals surface area contributed by atoms with Gasteiger partial charge in [-0.15, -0.1) is 0 Å². The first-order valence-corrected chi connectivity index (χ1v) is 6.02. The van der Waals surface area contributed by atoms with Crippen LogP contribution in [0.3, 0.4) is 0 Å². The Hall–Kier alpha value is -0.0400. The predicted octanol–water partition coefficient (Wildman–Crippen LogP) is 3.06. The first kappa shape index (κ1) is 11.0. The zero-order valence-electron chi connectivity index (χ0n) is 9.47. The van der Waals surface area contributed by atoms with Gasteiger partial charge in [0, 0.05) is 0 Å². The molecular weight excluding hydrogens is 158 g/mol. The molecule has 1 saturated carbocycles. The van der Waals surface area contributed by atoms with Gasteiger partial charge in [0.1, 0.15) is 0 Å². The highest BCUT2D eigenvalue weighted by Crippen LogP contribution is 2.50. The molecule has 3 atom stereocenters. The molecule has 13 heavy (non-hydrogen) atoms. The van der Waals surface area contributed by atoms with E-state index >= 15 is 0 Å². The minimum absolute atomic E-state index is 1.02. The van der Waals surface area contributed by atoms with Crippen molar-refractivity contribution in [1.82, 2.24) is 5.32 Å². The van der Waals surface area contributed by atoms with Crippen LogP contribution in [0.15, 0.2) is 0 Å². The van der Waals surface area contributed by atoms with E-state index in [-0.39, 0.29) is 0 Å². The molecule has 0 saturated heterocycles. The second-order valence-corrected chi connectivity index (χ2v) is 4.49. The molecule has 78 valence electrons. The molecule has 1 fully saturated rings. The van der Waals surface area contributed by atoms with E-state index in [0.717, 1.165) is 17.8 Å². The van der Waals surface area contributed by atoms with E-state index in [4.69, 9.17) is 0 Å². The van der Waals surface area contributed by atoms with Crippen LogP contribution in [0.1, 0.15) is 46.5 Å². The summed E-state index contributed by atoms with van der Waals surface area (Å²) in [5, 5.41) is 3.47. The van der Waals surface area contributed by atoms with Crippen molar-refractivity contribution in [3.63, 3.8) is 0 Å². The quantitative estimate of drug-likeness (QED) is 0.598. The molecule has 0 radical (unpaired) electrons. The lowest BCUT2D eigenvalue weighted by atomic mass is 10.1. The summed E-state index contributed by atoms with van der Waals surface area (Å²) in [4.78, 5) is 0. The van der Waals surface area contributed by atoms with Crippen LogP contribution in [0.4, 0.5) is 0 Å². The lowest BCUT2D eigenvalue weighted by molar-refractivity contribution is 0.557.